The third-order valence-corrected chi connectivity index (χ3v) is 16.3. The Labute approximate surface area is 475 Å². The Bertz CT molecular complexity index is 4920. The molecule has 1 aliphatic rings. The summed E-state index contributed by atoms with van der Waals surface area (Å²) in [5.74, 6) is 2.60. The van der Waals surface area contributed by atoms with Gasteiger partial charge in [0.1, 0.15) is 32.4 Å². The Morgan fingerprint density at radius 2 is 0.747 bits per heavy atom. The van der Waals surface area contributed by atoms with Gasteiger partial charge in [0.25, 0.3) is 0 Å². The zero-order valence-electron chi connectivity index (χ0n) is 42.3. The molecule has 0 aliphatic heterocycles. The Morgan fingerprint density at radius 1 is 0.329 bits per heavy atom. The van der Waals surface area contributed by atoms with Crippen LogP contribution < -0.4 is 0 Å². The topological polar surface area (TPSA) is 71.3 Å². The normalized spacial score (nSPS) is 11.9. The Kier molecular flexibility index (Phi) is 11.5. The van der Waals surface area contributed by atoms with Crippen LogP contribution in [0.15, 0.2) is 260 Å². The van der Waals surface area contributed by atoms with E-state index < -0.39 is 0 Å². The lowest BCUT2D eigenvalue weighted by Crippen LogP contribution is -2.03. The summed E-state index contributed by atoms with van der Waals surface area (Å²) in [6.45, 7) is 0. The lowest BCUT2D eigenvalue weighted by molar-refractivity contribution is 1.00. The highest BCUT2D eigenvalue weighted by atomic mass is 127. The number of halogens is 2. The van der Waals surface area contributed by atoms with Crippen LogP contribution in [-0.2, 0) is 6.42 Å². The largest absolute Gasteiger partial charge is 0.309 e. The second kappa shape index (κ2) is 19.3. The number of rotatable bonds is 4. The molecule has 8 nitrogen and oxygen atoms in total. The molecular weight excluding hydrogens is 1150 g/mol. The molecular formula is C69H44BrIN8. The summed E-state index contributed by atoms with van der Waals surface area (Å²) in [5.41, 5.74) is 15.5. The Morgan fingerprint density at radius 3 is 1.29 bits per heavy atom. The number of aromatic nitrogens is 8. The van der Waals surface area contributed by atoms with Gasteiger partial charge in [-0.05, 0) is 160 Å². The smallest absolute Gasteiger partial charge is 0.146 e. The number of fused-ring (bicyclic) bond motifs is 15. The fraction of sp³-hybridized carbons (Fsp3) is 0.0145. The van der Waals surface area contributed by atoms with E-state index in [1.165, 1.54) is 60.2 Å². The van der Waals surface area contributed by atoms with E-state index in [2.05, 4.69) is 273 Å². The molecule has 8 aromatic heterocycles. The number of nitrogens with zero attached hydrogens (tertiary/aromatic N) is 8. The predicted molar refractivity (Wildman–Crippen MR) is 337 cm³/mol. The number of pyridine rings is 4. The molecule has 79 heavy (non-hydrogen) atoms. The van der Waals surface area contributed by atoms with Gasteiger partial charge in [-0.2, -0.15) is 0 Å². The van der Waals surface area contributed by atoms with Crippen molar-refractivity contribution in [3.05, 3.63) is 274 Å². The van der Waals surface area contributed by atoms with E-state index in [1.54, 1.807) is 0 Å². The first kappa shape index (κ1) is 47.0. The third-order valence-electron chi connectivity index (χ3n) is 15.2. The van der Waals surface area contributed by atoms with Gasteiger partial charge < -0.3 is 4.57 Å². The minimum atomic E-state index is 0.831. The van der Waals surface area contributed by atoms with Crippen molar-refractivity contribution in [2.75, 3.05) is 0 Å². The van der Waals surface area contributed by atoms with Gasteiger partial charge in [0.15, 0.2) is 0 Å². The maximum absolute atomic E-state index is 5.29. The summed E-state index contributed by atoms with van der Waals surface area (Å²) in [4.78, 5) is 19.4. The zero-order chi connectivity index (χ0) is 52.6. The maximum Gasteiger partial charge on any atom is 0.146 e. The van der Waals surface area contributed by atoms with Crippen LogP contribution >= 0.6 is 38.5 Å². The van der Waals surface area contributed by atoms with Crippen LogP contribution in [0.2, 0.25) is 0 Å². The van der Waals surface area contributed by atoms with Crippen LogP contribution in [0.5, 0.6) is 0 Å². The van der Waals surface area contributed by atoms with Crippen molar-refractivity contribution in [3.8, 4) is 34.3 Å². The van der Waals surface area contributed by atoms with Crippen LogP contribution in [-0.4, -0.2) is 38.2 Å². The van der Waals surface area contributed by atoms with Gasteiger partial charge in [-0.15, -0.1) is 0 Å². The lowest BCUT2D eigenvalue weighted by Gasteiger charge is -2.12. The molecule has 0 unspecified atom stereocenters. The number of benzene rings is 8. The van der Waals surface area contributed by atoms with E-state index in [0.29, 0.717) is 0 Å². The fourth-order valence-electron chi connectivity index (χ4n) is 11.9. The number of hydrogen-bond acceptors (Lipinski definition) is 4. The van der Waals surface area contributed by atoms with Crippen molar-refractivity contribution >= 4 is 126 Å². The number of para-hydroxylation sites is 4. The molecule has 16 aromatic rings. The zero-order valence-corrected chi connectivity index (χ0v) is 46.0. The van der Waals surface area contributed by atoms with Gasteiger partial charge in [0.05, 0.1) is 33.1 Å². The molecule has 0 fully saturated rings. The summed E-state index contributed by atoms with van der Waals surface area (Å²) in [6, 6.07) is 85.2. The molecule has 0 N–H and O–H groups in total. The van der Waals surface area contributed by atoms with Crippen LogP contribution in [0.3, 0.4) is 0 Å². The molecule has 0 saturated carbocycles. The molecule has 374 valence electrons. The van der Waals surface area contributed by atoms with Crippen molar-refractivity contribution < 1.29 is 0 Å². The van der Waals surface area contributed by atoms with E-state index in [0.717, 1.165) is 87.3 Å². The van der Waals surface area contributed by atoms with E-state index >= 15 is 0 Å². The Hall–Kier alpha value is -9.23. The minimum absolute atomic E-state index is 0.831. The summed E-state index contributed by atoms with van der Waals surface area (Å²) in [5, 5.41) is 9.49. The van der Waals surface area contributed by atoms with E-state index in [1.807, 2.05) is 48.8 Å². The third kappa shape index (κ3) is 7.92. The molecule has 1 aliphatic carbocycles. The van der Waals surface area contributed by atoms with Gasteiger partial charge in [-0.25, -0.2) is 19.9 Å². The molecule has 0 radical (unpaired) electrons. The molecule has 10 heteroatoms. The van der Waals surface area contributed by atoms with Gasteiger partial charge >= 0.3 is 0 Å². The van der Waals surface area contributed by atoms with Gasteiger partial charge in [-0.3, -0.25) is 13.7 Å². The van der Waals surface area contributed by atoms with Gasteiger partial charge in [0.2, 0.25) is 0 Å². The second-order valence-electron chi connectivity index (χ2n) is 19.7. The first-order chi connectivity index (χ1) is 39.0. The van der Waals surface area contributed by atoms with Crippen LogP contribution in [0.1, 0.15) is 11.1 Å². The molecule has 0 saturated heterocycles. The minimum Gasteiger partial charge on any atom is -0.309 e. The van der Waals surface area contributed by atoms with E-state index in [9.17, 15) is 0 Å². The van der Waals surface area contributed by atoms with Gasteiger partial charge in [-0.1, -0.05) is 149 Å². The van der Waals surface area contributed by atoms with Crippen molar-refractivity contribution in [1.29, 1.82) is 0 Å². The van der Waals surface area contributed by atoms with E-state index in [-0.39, 0.29) is 0 Å². The maximum atomic E-state index is 5.29. The molecule has 8 aromatic carbocycles. The standard InChI is InChI=1S/C40H25N5.C16H9BrIN3.C13H10/c1-5-16-33-27(11-1)28-12-2-6-17-34(28)43(33)26-22-23-37-32(25-26)31-15-10-24-41-40(31)45(37)39-21-9-20-38(42-39)44-35-18-7-3-13-29(35)30-14-4-8-19-36(30)44;17-10-6-7-13-12(9-10)11-3-2-8-19-16(11)21(13)15-5-1-4-14(18)20-15;1-3-7-12-10(5-1)9-11-6-2-4-8-13(11)12/h1-25H;1-9H;1-8H,9H2. The predicted octanol–water partition coefficient (Wildman–Crippen LogP) is 18.0. The second-order valence-corrected chi connectivity index (χ2v) is 21.7. The van der Waals surface area contributed by atoms with Crippen LogP contribution in [0.25, 0.3) is 122 Å². The van der Waals surface area contributed by atoms with Crippen molar-refractivity contribution in [2.24, 2.45) is 0 Å². The average Bonchev–Trinajstić information content (AvgIpc) is 4.41. The van der Waals surface area contributed by atoms with E-state index in [4.69, 9.17) is 9.97 Å². The fourth-order valence-corrected chi connectivity index (χ4v) is 12.7. The summed E-state index contributed by atoms with van der Waals surface area (Å²) < 4.78 is 11.0. The van der Waals surface area contributed by atoms with Crippen molar-refractivity contribution in [3.63, 3.8) is 0 Å². The summed E-state index contributed by atoms with van der Waals surface area (Å²) >= 11 is 5.78. The first-order valence-corrected chi connectivity index (χ1v) is 28.1. The summed E-state index contributed by atoms with van der Waals surface area (Å²) in [7, 11) is 0. The molecule has 0 spiro atoms. The summed E-state index contributed by atoms with van der Waals surface area (Å²) in [6.07, 6.45) is 4.79. The number of hydrogen-bond donors (Lipinski definition) is 0. The monoisotopic (exact) mass is 1190 g/mol. The Balaban J connectivity index is 0.000000130. The highest BCUT2D eigenvalue weighted by Crippen LogP contribution is 2.39. The molecule has 17 rings (SSSR count). The molecule has 0 atom stereocenters. The van der Waals surface area contributed by atoms with Gasteiger partial charge in [0, 0.05) is 65.6 Å². The highest BCUT2D eigenvalue weighted by molar-refractivity contribution is 14.1. The van der Waals surface area contributed by atoms with Crippen LogP contribution in [0.4, 0.5) is 0 Å². The SMILES string of the molecule is Brc1ccc2c(c1)c1cccnc1n2-c1cccc(I)n1.c1cc(-n2c3ccccc3c3ccccc32)nc(-n2c3ccc(-n4c5ccccc5c5ccccc54)cc3c3cccnc32)c1.c1ccc2c(c1)Cc1ccccc1-2. The highest BCUT2D eigenvalue weighted by Gasteiger charge is 2.20. The molecule has 8 heterocycles. The first-order valence-electron chi connectivity index (χ1n) is 26.2. The van der Waals surface area contributed by atoms with Crippen molar-refractivity contribution in [1.82, 2.24) is 38.2 Å². The molecule has 0 amide bonds. The lowest BCUT2D eigenvalue weighted by atomic mass is 10.1. The molecule has 0 bridgehead atoms. The van der Waals surface area contributed by atoms with Crippen LogP contribution in [0, 0.1) is 3.70 Å². The van der Waals surface area contributed by atoms with Crippen molar-refractivity contribution in [2.45, 2.75) is 6.42 Å². The quantitative estimate of drug-likeness (QED) is 0.130. The average molecular weight is 1190 g/mol.